The van der Waals surface area contributed by atoms with Crippen LogP contribution in [0.2, 0.25) is 0 Å². The molecule has 1 aromatic rings. The Kier molecular flexibility index (Phi) is 6.74. The minimum absolute atomic E-state index is 0. The summed E-state index contributed by atoms with van der Waals surface area (Å²) >= 11 is 0. The number of Topliss-reactive ketones (excluding diaryl/α,β-unsaturated/α-hetero) is 1. The van der Waals surface area contributed by atoms with Crippen molar-refractivity contribution in [3.05, 3.63) is 29.8 Å². The molecular weight excluding hydrogens is 302 g/mol. The van der Waals surface area contributed by atoms with Crippen LogP contribution in [0, 0.1) is 5.92 Å². The van der Waals surface area contributed by atoms with Crippen molar-refractivity contribution in [2.45, 2.75) is 51.3 Å². The zero-order valence-electron chi connectivity index (χ0n) is 13.3. The quantitative estimate of drug-likeness (QED) is 0.796. The van der Waals surface area contributed by atoms with Gasteiger partial charge in [0.15, 0.2) is 0 Å². The highest BCUT2D eigenvalue weighted by Gasteiger charge is 2.16. The van der Waals surface area contributed by atoms with Crippen molar-refractivity contribution in [1.29, 1.82) is 0 Å². The standard InChI is InChI=1S/C16H23NO4S.H2/c1-4-16(19)17-22(20,21)14-9-5-7-13(11-14)8-6-10-15(18)12(2)3;/h5,7,9,11-12H,4,6,8,10H2,1-3H3,(H,17,19);1H. The van der Waals surface area contributed by atoms with Crippen LogP contribution < -0.4 is 4.72 Å². The van der Waals surface area contributed by atoms with Crippen LogP contribution in [0.1, 0.15) is 47.0 Å². The normalized spacial score (nSPS) is 11.5. The molecule has 1 amide bonds. The predicted octanol–water partition coefficient (Wildman–Crippen LogP) is 2.70. The SMILES string of the molecule is CCC(=O)NS(=O)(=O)c1cccc(CCCC(=O)C(C)C)c1.[HH]. The Bertz CT molecular complexity index is 641. The van der Waals surface area contributed by atoms with Gasteiger partial charge >= 0.3 is 0 Å². The summed E-state index contributed by atoms with van der Waals surface area (Å²) in [5.41, 5.74) is 0.836. The van der Waals surface area contributed by atoms with E-state index in [-0.39, 0.29) is 24.4 Å². The Balaban J connectivity index is 0.00000484. The van der Waals surface area contributed by atoms with Gasteiger partial charge in [0.2, 0.25) is 5.91 Å². The van der Waals surface area contributed by atoms with Crippen molar-refractivity contribution in [3.8, 4) is 0 Å². The van der Waals surface area contributed by atoms with Crippen LogP contribution in [0.5, 0.6) is 0 Å². The molecule has 0 saturated heterocycles. The summed E-state index contributed by atoms with van der Waals surface area (Å²) in [4.78, 5) is 22.9. The van der Waals surface area contributed by atoms with Gasteiger partial charge in [-0.15, -0.1) is 0 Å². The number of hydrogen-bond donors (Lipinski definition) is 1. The van der Waals surface area contributed by atoms with E-state index in [2.05, 4.69) is 0 Å². The fraction of sp³-hybridized carbons (Fsp3) is 0.500. The molecule has 0 bridgehead atoms. The van der Waals surface area contributed by atoms with Crippen LogP contribution in [0.4, 0.5) is 0 Å². The minimum atomic E-state index is -3.82. The van der Waals surface area contributed by atoms with E-state index in [0.717, 1.165) is 5.56 Å². The molecule has 5 nitrogen and oxygen atoms in total. The van der Waals surface area contributed by atoms with E-state index in [1.807, 2.05) is 24.6 Å². The van der Waals surface area contributed by atoms with Gasteiger partial charge in [0, 0.05) is 20.2 Å². The van der Waals surface area contributed by atoms with Crippen molar-refractivity contribution in [2.75, 3.05) is 0 Å². The van der Waals surface area contributed by atoms with Crippen molar-refractivity contribution >= 4 is 21.7 Å². The third-order valence-corrected chi connectivity index (χ3v) is 4.68. The first kappa shape index (κ1) is 18.4. The number of amides is 1. The van der Waals surface area contributed by atoms with Crippen LogP contribution in [0.15, 0.2) is 29.2 Å². The van der Waals surface area contributed by atoms with E-state index < -0.39 is 15.9 Å². The molecule has 1 rings (SSSR count). The highest BCUT2D eigenvalue weighted by molar-refractivity contribution is 7.90. The zero-order valence-corrected chi connectivity index (χ0v) is 14.1. The molecule has 0 radical (unpaired) electrons. The van der Waals surface area contributed by atoms with Crippen molar-refractivity contribution in [2.24, 2.45) is 5.92 Å². The molecular formula is C16H25NO4S. The lowest BCUT2D eigenvalue weighted by Crippen LogP contribution is -2.29. The molecule has 0 spiro atoms. The molecule has 1 aromatic carbocycles. The Morgan fingerprint density at radius 1 is 1.27 bits per heavy atom. The van der Waals surface area contributed by atoms with Crippen LogP contribution in [0.3, 0.4) is 0 Å². The largest absolute Gasteiger partial charge is 0.299 e. The monoisotopic (exact) mass is 327 g/mol. The second-order valence-electron chi connectivity index (χ2n) is 5.50. The second kappa shape index (κ2) is 8.08. The fourth-order valence-electron chi connectivity index (χ4n) is 1.90. The van der Waals surface area contributed by atoms with Crippen LogP contribution in [-0.2, 0) is 26.0 Å². The van der Waals surface area contributed by atoms with Gasteiger partial charge in [-0.05, 0) is 30.5 Å². The van der Waals surface area contributed by atoms with E-state index in [1.54, 1.807) is 19.1 Å². The molecule has 0 unspecified atom stereocenters. The van der Waals surface area contributed by atoms with Gasteiger partial charge in [-0.3, -0.25) is 9.59 Å². The van der Waals surface area contributed by atoms with Gasteiger partial charge in [0.1, 0.15) is 5.78 Å². The van der Waals surface area contributed by atoms with Gasteiger partial charge in [-0.25, -0.2) is 13.1 Å². The first-order chi connectivity index (χ1) is 10.3. The Hall–Kier alpha value is -1.69. The summed E-state index contributed by atoms with van der Waals surface area (Å²) in [7, 11) is -3.82. The van der Waals surface area contributed by atoms with Gasteiger partial charge in [-0.2, -0.15) is 0 Å². The summed E-state index contributed by atoms with van der Waals surface area (Å²) in [6, 6.07) is 6.46. The maximum Gasteiger partial charge on any atom is 0.264 e. The Morgan fingerprint density at radius 2 is 1.95 bits per heavy atom. The molecule has 0 fully saturated rings. The molecule has 0 aromatic heterocycles. The molecule has 6 heteroatoms. The van der Waals surface area contributed by atoms with E-state index >= 15 is 0 Å². The number of carbonyl (C=O) groups excluding carboxylic acids is 2. The Morgan fingerprint density at radius 3 is 2.55 bits per heavy atom. The lowest BCUT2D eigenvalue weighted by Gasteiger charge is -2.08. The number of aryl methyl sites for hydroxylation is 1. The number of benzene rings is 1. The van der Waals surface area contributed by atoms with E-state index in [9.17, 15) is 18.0 Å². The van der Waals surface area contributed by atoms with Crippen molar-refractivity contribution in [1.82, 2.24) is 4.72 Å². The second-order valence-corrected chi connectivity index (χ2v) is 7.19. The van der Waals surface area contributed by atoms with Crippen molar-refractivity contribution < 1.29 is 19.4 Å². The average Bonchev–Trinajstić information content (AvgIpc) is 2.46. The molecule has 0 saturated carbocycles. The molecule has 0 aliphatic rings. The van der Waals surface area contributed by atoms with Gasteiger partial charge in [0.05, 0.1) is 4.90 Å². The van der Waals surface area contributed by atoms with Crippen LogP contribution in [-0.4, -0.2) is 20.1 Å². The number of rotatable bonds is 8. The number of carbonyl (C=O) groups is 2. The number of hydrogen-bond acceptors (Lipinski definition) is 4. The Labute approximate surface area is 133 Å². The topological polar surface area (TPSA) is 80.3 Å². The maximum absolute atomic E-state index is 12.0. The smallest absolute Gasteiger partial charge is 0.264 e. The predicted molar refractivity (Wildman–Crippen MR) is 87.0 cm³/mol. The van der Waals surface area contributed by atoms with Crippen molar-refractivity contribution in [3.63, 3.8) is 0 Å². The first-order valence-corrected chi connectivity index (χ1v) is 8.92. The summed E-state index contributed by atoms with van der Waals surface area (Å²) in [5.74, 6) is -0.303. The van der Waals surface area contributed by atoms with Gasteiger partial charge < -0.3 is 0 Å². The third kappa shape index (κ3) is 5.60. The maximum atomic E-state index is 12.0. The first-order valence-electron chi connectivity index (χ1n) is 7.43. The number of nitrogens with one attached hydrogen (secondary N) is 1. The fourth-order valence-corrected chi connectivity index (χ4v) is 3.03. The average molecular weight is 327 g/mol. The lowest BCUT2D eigenvalue weighted by atomic mass is 10.0. The molecule has 1 N–H and O–H groups in total. The molecule has 0 atom stereocenters. The molecule has 0 aliphatic heterocycles. The molecule has 0 aliphatic carbocycles. The molecule has 124 valence electrons. The molecule has 22 heavy (non-hydrogen) atoms. The van der Waals surface area contributed by atoms with E-state index in [0.29, 0.717) is 19.3 Å². The van der Waals surface area contributed by atoms with E-state index in [4.69, 9.17) is 0 Å². The number of ketones is 1. The van der Waals surface area contributed by atoms with Gasteiger partial charge in [0.25, 0.3) is 10.0 Å². The summed E-state index contributed by atoms with van der Waals surface area (Å²) < 4.78 is 26.1. The highest BCUT2D eigenvalue weighted by atomic mass is 32.2. The number of sulfonamides is 1. The lowest BCUT2D eigenvalue weighted by molar-refractivity contribution is -0.122. The highest BCUT2D eigenvalue weighted by Crippen LogP contribution is 2.14. The summed E-state index contributed by atoms with van der Waals surface area (Å²) in [6.45, 7) is 5.32. The molecule has 0 heterocycles. The summed E-state index contributed by atoms with van der Waals surface area (Å²) in [6.07, 6.45) is 1.91. The zero-order chi connectivity index (χ0) is 16.8. The van der Waals surface area contributed by atoms with E-state index in [1.165, 1.54) is 6.07 Å². The van der Waals surface area contributed by atoms with Crippen LogP contribution in [0.25, 0.3) is 0 Å². The third-order valence-electron chi connectivity index (χ3n) is 3.31. The van der Waals surface area contributed by atoms with Crippen LogP contribution >= 0.6 is 0 Å². The van der Waals surface area contributed by atoms with Gasteiger partial charge in [-0.1, -0.05) is 32.9 Å². The minimum Gasteiger partial charge on any atom is -0.299 e. The summed E-state index contributed by atoms with van der Waals surface area (Å²) in [5, 5.41) is 0.